The van der Waals surface area contributed by atoms with Crippen LogP contribution in [0.5, 0.6) is 0 Å². The number of alkyl halides is 1. The Bertz CT molecular complexity index is 1130. The number of benzene rings is 1. The van der Waals surface area contributed by atoms with Gasteiger partial charge >= 0.3 is 12.1 Å². The highest BCUT2D eigenvalue weighted by Gasteiger charge is 2.40. The highest BCUT2D eigenvalue weighted by molar-refractivity contribution is 6.05. The Morgan fingerprint density at radius 2 is 2.00 bits per heavy atom. The first-order valence-electron chi connectivity index (χ1n) is 9.72. The molecule has 0 unspecified atom stereocenters. The normalized spacial score (nSPS) is 18.2. The average molecular weight is 424 g/mol. The zero-order chi connectivity index (χ0) is 22.0. The summed E-state index contributed by atoms with van der Waals surface area (Å²) in [6.07, 6.45) is 3.25. The predicted octanol–water partition coefficient (Wildman–Crippen LogP) is 2.22. The number of nitrogens with one attached hydrogen (secondary N) is 2. The Labute approximate surface area is 177 Å². The molecule has 1 aliphatic heterocycles. The minimum atomic E-state index is -1.31. The molecular formula is C21H21FN6O3. The van der Waals surface area contributed by atoms with Crippen LogP contribution in [0.1, 0.15) is 12.0 Å². The summed E-state index contributed by atoms with van der Waals surface area (Å²) in [4.78, 5) is 42.4. The van der Waals surface area contributed by atoms with Crippen molar-refractivity contribution >= 4 is 34.6 Å². The molecule has 4 rings (SSSR count). The number of carbonyl (C=O) groups excluding carboxylic acids is 3. The first-order valence-corrected chi connectivity index (χ1v) is 9.72. The number of amides is 4. The number of fused-ring (bicyclic) bond motifs is 1. The van der Waals surface area contributed by atoms with Crippen molar-refractivity contribution < 1.29 is 18.8 Å². The van der Waals surface area contributed by atoms with E-state index in [1.807, 2.05) is 0 Å². The van der Waals surface area contributed by atoms with Crippen molar-refractivity contribution in [2.24, 2.45) is 5.73 Å². The van der Waals surface area contributed by atoms with Crippen LogP contribution in [0.2, 0.25) is 0 Å². The highest BCUT2D eigenvalue weighted by Crippen LogP contribution is 2.27. The standard InChI is InChI=1S/C21H21FN6O3/c22-14-8-18(19(29)25-10-13-4-3-7-24-9-13)28(11-14)21(31)26-16-12-27(20(23)30)17-6-2-1-5-15(16)17/h1-7,9,12,14,18H,8,10-11H2,(H2,23,30)(H,25,29)(H,26,31)/t14-,18+/m1/s1. The fourth-order valence-corrected chi connectivity index (χ4v) is 3.72. The van der Waals surface area contributed by atoms with Gasteiger partial charge in [-0.3, -0.25) is 14.3 Å². The van der Waals surface area contributed by atoms with Crippen LogP contribution in [0.4, 0.5) is 19.7 Å². The van der Waals surface area contributed by atoms with Gasteiger partial charge in [0.2, 0.25) is 5.91 Å². The summed E-state index contributed by atoms with van der Waals surface area (Å²) in [5.74, 6) is -0.446. The number of para-hydroxylation sites is 1. The molecule has 4 N–H and O–H groups in total. The molecule has 2 atom stereocenters. The Balaban J connectivity index is 1.50. The van der Waals surface area contributed by atoms with Gasteiger partial charge in [-0.05, 0) is 17.7 Å². The number of primary amides is 1. The average Bonchev–Trinajstić information content (AvgIpc) is 3.34. The van der Waals surface area contributed by atoms with Gasteiger partial charge in [0.1, 0.15) is 12.2 Å². The second kappa shape index (κ2) is 8.42. The molecule has 0 bridgehead atoms. The summed E-state index contributed by atoms with van der Waals surface area (Å²) in [5.41, 5.74) is 7.07. The maximum atomic E-state index is 14.1. The SMILES string of the molecule is NC(=O)n1cc(NC(=O)N2C[C@H](F)C[C@H]2C(=O)NCc2cccnc2)c2ccccc21. The number of carbonyl (C=O) groups is 3. The van der Waals surface area contributed by atoms with Crippen LogP contribution in [0, 0.1) is 0 Å². The molecule has 3 heterocycles. The summed E-state index contributed by atoms with van der Waals surface area (Å²) in [6, 6.07) is 8.19. The van der Waals surface area contributed by atoms with Crippen LogP contribution < -0.4 is 16.4 Å². The number of halogens is 1. The number of nitrogens with two attached hydrogens (primary N) is 1. The van der Waals surface area contributed by atoms with E-state index in [-0.39, 0.29) is 19.5 Å². The van der Waals surface area contributed by atoms with Crippen molar-refractivity contribution in [2.45, 2.75) is 25.2 Å². The maximum Gasteiger partial charge on any atom is 0.323 e. The molecule has 160 valence electrons. The Morgan fingerprint density at radius 1 is 1.19 bits per heavy atom. The molecule has 0 radical (unpaired) electrons. The van der Waals surface area contributed by atoms with Gasteiger partial charge in [0.05, 0.1) is 17.7 Å². The summed E-state index contributed by atoms with van der Waals surface area (Å²) in [5, 5.41) is 6.01. The van der Waals surface area contributed by atoms with Gasteiger partial charge in [-0.2, -0.15) is 0 Å². The number of urea groups is 1. The van der Waals surface area contributed by atoms with Gasteiger partial charge in [0.25, 0.3) is 0 Å². The molecule has 10 heteroatoms. The summed E-state index contributed by atoms with van der Waals surface area (Å²) >= 11 is 0. The monoisotopic (exact) mass is 424 g/mol. The van der Waals surface area contributed by atoms with Gasteiger partial charge in [-0.15, -0.1) is 0 Å². The molecule has 0 spiro atoms. The molecule has 1 aliphatic rings. The van der Waals surface area contributed by atoms with E-state index in [4.69, 9.17) is 5.73 Å². The topological polar surface area (TPSA) is 122 Å². The zero-order valence-electron chi connectivity index (χ0n) is 16.5. The molecule has 1 fully saturated rings. The number of anilines is 1. The van der Waals surface area contributed by atoms with Crippen molar-refractivity contribution in [3.05, 3.63) is 60.6 Å². The van der Waals surface area contributed by atoms with E-state index in [0.29, 0.717) is 16.6 Å². The lowest BCUT2D eigenvalue weighted by molar-refractivity contribution is -0.124. The first-order chi connectivity index (χ1) is 14.9. The molecule has 0 aliphatic carbocycles. The lowest BCUT2D eigenvalue weighted by Crippen LogP contribution is -2.47. The van der Waals surface area contributed by atoms with Crippen LogP contribution in [-0.2, 0) is 11.3 Å². The molecule has 3 aromatic rings. The number of hydrogen-bond donors (Lipinski definition) is 3. The number of hydrogen-bond acceptors (Lipinski definition) is 4. The van der Waals surface area contributed by atoms with Gasteiger partial charge in [0.15, 0.2) is 0 Å². The Morgan fingerprint density at radius 3 is 2.74 bits per heavy atom. The van der Waals surface area contributed by atoms with Crippen molar-refractivity contribution in [3.8, 4) is 0 Å². The lowest BCUT2D eigenvalue weighted by Gasteiger charge is -2.23. The van der Waals surface area contributed by atoms with Crippen molar-refractivity contribution in [3.63, 3.8) is 0 Å². The van der Waals surface area contributed by atoms with E-state index in [1.165, 1.54) is 15.7 Å². The summed E-state index contributed by atoms with van der Waals surface area (Å²) < 4.78 is 15.3. The number of likely N-dealkylation sites (tertiary alicyclic amines) is 1. The summed E-state index contributed by atoms with van der Waals surface area (Å²) in [7, 11) is 0. The van der Waals surface area contributed by atoms with Crippen molar-refractivity contribution in [2.75, 3.05) is 11.9 Å². The van der Waals surface area contributed by atoms with Gasteiger partial charge in [-0.25, -0.2) is 14.0 Å². The number of rotatable bonds is 4. The molecular weight excluding hydrogens is 403 g/mol. The molecule has 4 amide bonds. The van der Waals surface area contributed by atoms with Gasteiger partial charge in [-0.1, -0.05) is 24.3 Å². The van der Waals surface area contributed by atoms with Crippen LogP contribution in [0.25, 0.3) is 10.9 Å². The molecule has 1 aromatic carbocycles. The highest BCUT2D eigenvalue weighted by atomic mass is 19.1. The second-order valence-electron chi connectivity index (χ2n) is 7.28. The third-order valence-electron chi connectivity index (χ3n) is 5.19. The quantitative estimate of drug-likeness (QED) is 0.594. The van der Waals surface area contributed by atoms with E-state index >= 15 is 0 Å². The van der Waals surface area contributed by atoms with E-state index in [9.17, 15) is 18.8 Å². The van der Waals surface area contributed by atoms with Crippen LogP contribution in [0.3, 0.4) is 0 Å². The molecule has 0 saturated carbocycles. The van der Waals surface area contributed by atoms with E-state index in [2.05, 4.69) is 15.6 Å². The third kappa shape index (κ3) is 4.18. The minimum absolute atomic E-state index is 0.0880. The third-order valence-corrected chi connectivity index (χ3v) is 5.19. The lowest BCUT2D eigenvalue weighted by atomic mass is 10.2. The maximum absolute atomic E-state index is 14.1. The van der Waals surface area contributed by atoms with E-state index in [1.54, 1.807) is 48.8 Å². The number of nitrogens with zero attached hydrogens (tertiary/aromatic N) is 3. The number of pyridine rings is 1. The minimum Gasteiger partial charge on any atom is -0.351 e. The van der Waals surface area contributed by atoms with Crippen LogP contribution in [-0.4, -0.2) is 51.2 Å². The largest absolute Gasteiger partial charge is 0.351 e. The smallest absolute Gasteiger partial charge is 0.323 e. The fraction of sp³-hybridized carbons (Fsp3) is 0.238. The van der Waals surface area contributed by atoms with Crippen molar-refractivity contribution in [1.29, 1.82) is 0 Å². The predicted molar refractivity (Wildman–Crippen MR) is 112 cm³/mol. The first kappa shape index (κ1) is 20.3. The number of aromatic nitrogens is 2. The van der Waals surface area contributed by atoms with Crippen molar-refractivity contribution in [1.82, 2.24) is 19.8 Å². The fourth-order valence-electron chi connectivity index (χ4n) is 3.72. The van der Waals surface area contributed by atoms with Gasteiger partial charge in [0, 0.05) is 36.9 Å². The van der Waals surface area contributed by atoms with Crippen LogP contribution >= 0.6 is 0 Å². The van der Waals surface area contributed by atoms with E-state index in [0.717, 1.165) is 5.56 Å². The molecule has 2 aromatic heterocycles. The van der Waals surface area contributed by atoms with Gasteiger partial charge < -0.3 is 21.3 Å². The second-order valence-corrected chi connectivity index (χ2v) is 7.28. The summed E-state index contributed by atoms with van der Waals surface area (Å²) in [6.45, 7) is 0.0208. The zero-order valence-corrected chi connectivity index (χ0v) is 16.5. The molecule has 31 heavy (non-hydrogen) atoms. The molecule has 9 nitrogen and oxygen atoms in total. The van der Waals surface area contributed by atoms with Crippen LogP contribution in [0.15, 0.2) is 55.0 Å². The Kier molecular flexibility index (Phi) is 5.52. The molecule has 1 saturated heterocycles. The Hall–Kier alpha value is -3.95. The van der Waals surface area contributed by atoms with E-state index < -0.39 is 30.2 Å².